The van der Waals surface area contributed by atoms with Crippen molar-refractivity contribution in [1.82, 2.24) is 25.2 Å². The van der Waals surface area contributed by atoms with Crippen LogP contribution in [0.15, 0.2) is 6.20 Å². The smallest absolute Gasteiger partial charge is 0.0964 e. The minimum atomic E-state index is 0.223. The summed E-state index contributed by atoms with van der Waals surface area (Å²) in [7, 11) is 0. The van der Waals surface area contributed by atoms with Crippen LogP contribution in [0.1, 0.15) is 26.5 Å². The highest BCUT2D eigenvalue weighted by Crippen LogP contribution is 2.07. The molecular formula is C13H25N5O. The minimum Gasteiger partial charge on any atom is -0.374 e. The number of nitrogens with one attached hydrogen (secondary N) is 1. The molecule has 0 bridgehead atoms. The quantitative estimate of drug-likeness (QED) is 0.813. The summed E-state index contributed by atoms with van der Waals surface area (Å²) in [6, 6.07) is 0.463. The molecule has 1 aromatic rings. The normalized spacial score (nSPS) is 21.2. The zero-order valence-electron chi connectivity index (χ0n) is 12.2. The third-order valence-corrected chi connectivity index (χ3v) is 3.34. The first-order valence-electron chi connectivity index (χ1n) is 7.13. The van der Waals surface area contributed by atoms with Crippen molar-refractivity contribution in [2.75, 3.05) is 26.2 Å². The summed E-state index contributed by atoms with van der Waals surface area (Å²) >= 11 is 0. The van der Waals surface area contributed by atoms with E-state index < -0.39 is 0 Å². The Morgan fingerprint density at radius 2 is 2.37 bits per heavy atom. The molecule has 6 nitrogen and oxygen atoms in total. The Morgan fingerprint density at radius 1 is 1.53 bits per heavy atom. The molecule has 1 unspecified atom stereocenters. The number of hydrogen-bond donors (Lipinski definition) is 1. The van der Waals surface area contributed by atoms with E-state index in [-0.39, 0.29) is 6.10 Å². The summed E-state index contributed by atoms with van der Waals surface area (Å²) in [5.74, 6) is 0. The van der Waals surface area contributed by atoms with Crippen molar-refractivity contribution in [1.29, 1.82) is 0 Å². The van der Waals surface area contributed by atoms with Crippen molar-refractivity contribution in [3.8, 4) is 0 Å². The Balaban J connectivity index is 1.82. The van der Waals surface area contributed by atoms with Gasteiger partial charge in [-0.05, 0) is 6.54 Å². The van der Waals surface area contributed by atoms with Gasteiger partial charge in [0.15, 0.2) is 0 Å². The first-order valence-corrected chi connectivity index (χ1v) is 7.13. The van der Waals surface area contributed by atoms with E-state index in [0.717, 1.165) is 45.0 Å². The molecule has 2 heterocycles. The van der Waals surface area contributed by atoms with Gasteiger partial charge < -0.3 is 10.1 Å². The van der Waals surface area contributed by atoms with Crippen LogP contribution < -0.4 is 5.32 Å². The van der Waals surface area contributed by atoms with E-state index >= 15 is 0 Å². The van der Waals surface area contributed by atoms with Crippen LogP contribution in [-0.4, -0.2) is 58.3 Å². The topological polar surface area (TPSA) is 55.2 Å². The molecule has 108 valence electrons. The van der Waals surface area contributed by atoms with Crippen LogP contribution in [0.4, 0.5) is 0 Å². The van der Waals surface area contributed by atoms with Gasteiger partial charge in [-0.25, -0.2) is 4.68 Å². The Bertz CT molecular complexity index is 379. The molecule has 0 radical (unpaired) electrons. The second-order valence-electron chi connectivity index (χ2n) is 5.35. The lowest BCUT2D eigenvalue weighted by atomic mass is 10.2. The second-order valence-corrected chi connectivity index (χ2v) is 5.35. The van der Waals surface area contributed by atoms with Gasteiger partial charge in [0, 0.05) is 31.9 Å². The van der Waals surface area contributed by atoms with Gasteiger partial charge in [-0.15, -0.1) is 5.10 Å². The molecule has 0 saturated carbocycles. The summed E-state index contributed by atoms with van der Waals surface area (Å²) in [5, 5.41) is 11.7. The fourth-order valence-corrected chi connectivity index (χ4v) is 2.20. The number of ether oxygens (including phenoxy) is 1. The predicted octanol–water partition coefficient (Wildman–Crippen LogP) is 0.497. The predicted molar refractivity (Wildman–Crippen MR) is 73.9 cm³/mol. The molecule has 1 atom stereocenters. The van der Waals surface area contributed by atoms with Crippen molar-refractivity contribution in [3.05, 3.63) is 11.9 Å². The van der Waals surface area contributed by atoms with E-state index in [2.05, 4.69) is 41.3 Å². The summed E-state index contributed by atoms with van der Waals surface area (Å²) < 4.78 is 7.67. The van der Waals surface area contributed by atoms with Gasteiger partial charge in [0.25, 0.3) is 0 Å². The molecule has 6 heteroatoms. The molecule has 1 N–H and O–H groups in total. The van der Waals surface area contributed by atoms with E-state index in [0.29, 0.717) is 6.04 Å². The third-order valence-electron chi connectivity index (χ3n) is 3.34. The average Bonchev–Trinajstić information content (AvgIpc) is 2.84. The van der Waals surface area contributed by atoms with Gasteiger partial charge in [-0.2, -0.15) is 0 Å². The van der Waals surface area contributed by atoms with Crippen LogP contribution >= 0.6 is 0 Å². The average molecular weight is 267 g/mol. The van der Waals surface area contributed by atoms with E-state index in [1.165, 1.54) is 0 Å². The van der Waals surface area contributed by atoms with E-state index in [9.17, 15) is 0 Å². The first kappa shape index (κ1) is 14.4. The zero-order chi connectivity index (χ0) is 13.7. The SMILES string of the molecule is CCN1CCOC(Cn2cc(CNC(C)C)nn2)C1. The molecule has 1 aromatic heterocycles. The Labute approximate surface area is 115 Å². The molecule has 1 fully saturated rings. The van der Waals surface area contributed by atoms with Crippen molar-refractivity contribution < 1.29 is 4.74 Å². The zero-order valence-corrected chi connectivity index (χ0v) is 12.2. The van der Waals surface area contributed by atoms with Crippen LogP contribution in [0.5, 0.6) is 0 Å². The molecule has 0 aliphatic carbocycles. The van der Waals surface area contributed by atoms with Gasteiger partial charge in [0.2, 0.25) is 0 Å². The van der Waals surface area contributed by atoms with Crippen molar-refractivity contribution in [3.63, 3.8) is 0 Å². The highest BCUT2D eigenvalue weighted by Gasteiger charge is 2.20. The van der Waals surface area contributed by atoms with E-state index in [4.69, 9.17) is 4.74 Å². The van der Waals surface area contributed by atoms with Gasteiger partial charge in [-0.1, -0.05) is 26.0 Å². The number of morpholine rings is 1. The molecule has 1 aliphatic rings. The van der Waals surface area contributed by atoms with Gasteiger partial charge in [0.05, 0.1) is 24.9 Å². The Hall–Kier alpha value is -0.980. The highest BCUT2D eigenvalue weighted by molar-refractivity contribution is 4.92. The number of nitrogens with zero attached hydrogens (tertiary/aromatic N) is 4. The number of aromatic nitrogens is 3. The first-order chi connectivity index (χ1) is 9.17. The second kappa shape index (κ2) is 6.98. The van der Waals surface area contributed by atoms with Crippen molar-refractivity contribution in [2.45, 2.75) is 46.0 Å². The summed E-state index contributed by atoms with van der Waals surface area (Å²) in [6.45, 7) is 11.9. The van der Waals surface area contributed by atoms with Crippen LogP contribution in [-0.2, 0) is 17.8 Å². The van der Waals surface area contributed by atoms with Gasteiger partial charge in [0.1, 0.15) is 0 Å². The lowest BCUT2D eigenvalue weighted by Gasteiger charge is -2.31. The summed E-state index contributed by atoms with van der Waals surface area (Å²) in [6.07, 6.45) is 2.23. The third kappa shape index (κ3) is 4.56. The van der Waals surface area contributed by atoms with Crippen LogP contribution in [0.3, 0.4) is 0 Å². The largest absolute Gasteiger partial charge is 0.374 e. The summed E-state index contributed by atoms with van der Waals surface area (Å²) in [5.41, 5.74) is 0.983. The highest BCUT2D eigenvalue weighted by atomic mass is 16.5. The minimum absolute atomic E-state index is 0.223. The molecular weight excluding hydrogens is 242 g/mol. The van der Waals surface area contributed by atoms with Gasteiger partial charge in [-0.3, -0.25) is 4.90 Å². The molecule has 0 aromatic carbocycles. The molecule has 1 saturated heterocycles. The number of likely N-dealkylation sites (N-methyl/N-ethyl adjacent to an activating group) is 1. The fourth-order valence-electron chi connectivity index (χ4n) is 2.20. The lowest BCUT2D eigenvalue weighted by molar-refractivity contribution is -0.0360. The molecule has 19 heavy (non-hydrogen) atoms. The molecule has 0 amide bonds. The number of hydrogen-bond acceptors (Lipinski definition) is 5. The maximum atomic E-state index is 5.78. The molecule has 0 spiro atoms. The summed E-state index contributed by atoms with van der Waals surface area (Å²) in [4.78, 5) is 2.41. The van der Waals surface area contributed by atoms with E-state index in [1.54, 1.807) is 0 Å². The number of rotatable bonds is 6. The fraction of sp³-hybridized carbons (Fsp3) is 0.846. The Morgan fingerprint density at radius 3 is 3.11 bits per heavy atom. The molecule has 2 rings (SSSR count). The lowest BCUT2D eigenvalue weighted by Crippen LogP contribution is -2.44. The van der Waals surface area contributed by atoms with E-state index in [1.807, 2.05) is 10.9 Å². The van der Waals surface area contributed by atoms with Crippen LogP contribution in [0.2, 0.25) is 0 Å². The van der Waals surface area contributed by atoms with Crippen molar-refractivity contribution >= 4 is 0 Å². The Kier molecular flexibility index (Phi) is 5.30. The van der Waals surface area contributed by atoms with Crippen LogP contribution in [0.25, 0.3) is 0 Å². The molecule has 1 aliphatic heterocycles. The maximum absolute atomic E-state index is 5.78. The van der Waals surface area contributed by atoms with Crippen LogP contribution in [0, 0.1) is 0 Å². The van der Waals surface area contributed by atoms with Gasteiger partial charge >= 0.3 is 0 Å². The van der Waals surface area contributed by atoms with Crippen molar-refractivity contribution in [2.24, 2.45) is 0 Å². The standard InChI is InChI=1S/C13H25N5O/c1-4-17-5-6-19-13(9-17)10-18-8-12(15-16-18)7-14-11(2)3/h8,11,13-14H,4-7,9-10H2,1-3H3. The maximum Gasteiger partial charge on any atom is 0.0964 e. The monoisotopic (exact) mass is 267 g/mol.